The summed E-state index contributed by atoms with van der Waals surface area (Å²) in [7, 11) is 2.10. The van der Waals surface area contributed by atoms with Gasteiger partial charge in [0.1, 0.15) is 5.82 Å². The topological polar surface area (TPSA) is 83.0 Å². The van der Waals surface area contributed by atoms with Crippen molar-refractivity contribution in [1.82, 2.24) is 25.4 Å². The standard InChI is InChI=1S/C20H22N6O/c1-26-9-6-17(7-10-26)23-20(27)24-19-12-16-11-14(4-5-15(16)13-21-19)18-3-2-8-22-25-18/h2-5,8,11-13,17H,6-7,9-10H2,1H3,(H2,21,23,24,27). The fraction of sp³-hybridized carbons (Fsp3) is 0.300. The van der Waals surface area contributed by atoms with Crippen molar-refractivity contribution in [2.24, 2.45) is 0 Å². The van der Waals surface area contributed by atoms with Crippen molar-refractivity contribution in [2.45, 2.75) is 18.9 Å². The third kappa shape index (κ3) is 4.20. The van der Waals surface area contributed by atoms with Crippen LogP contribution in [0, 0.1) is 0 Å². The lowest BCUT2D eigenvalue weighted by Gasteiger charge is -2.29. The summed E-state index contributed by atoms with van der Waals surface area (Å²) in [4.78, 5) is 18.9. The lowest BCUT2D eigenvalue weighted by molar-refractivity contribution is 0.221. The van der Waals surface area contributed by atoms with Crippen LogP contribution in [0.3, 0.4) is 0 Å². The Labute approximate surface area is 157 Å². The number of carbonyl (C=O) groups is 1. The van der Waals surface area contributed by atoms with E-state index in [2.05, 4.69) is 37.8 Å². The second-order valence-electron chi connectivity index (χ2n) is 6.92. The van der Waals surface area contributed by atoms with Crippen LogP contribution in [0.25, 0.3) is 22.0 Å². The number of rotatable bonds is 3. The number of aromatic nitrogens is 3. The van der Waals surface area contributed by atoms with Gasteiger partial charge < -0.3 is 10.2 Å². The quantitative estimate of drug-likeness (QED) is 0.748. The number of nitrogens with one attached hydrogen (secondary N) is 2. The zero-order valence-electron chi connectivity index (χ0n) is 15.2. The maximum Gasteiger partial charge on any atom is 0.320 e. The van der Waals surface area contributed by atoms with Crippen LogP contribution >= 0.6 is 0 Å². The van der Waals surface area contributed by atoms with E-state index in [0.29, 0.717) is 5.82 Å². The molecule has 27 heavy (non-hydrogen) atoms. The first-order chi connectivity index (χ1) is 13.2. The predicted molar refractivity (Wildman–Crippen MR) is 105 cm³/mol. The minimum absolute atomic E-state index is 0.207. The van der Waals surface area contributed by atoms with Gasteiger partial charge in [-0.3, -0.25) is 5.32 Å². The molecule has 2 aromatic heterocycles. The molecule has 1 aromatic carbocycles. The van der Waals surface area contributed by atoms with Crippen molar-refractivity contribution >= 4 is 22.6 Å². The van der Waals surface area contributed by atoms with E-state index >= 15 is 0 Å². The Hall–Kier alpha value is -3.06. The zero-order valence-corrected chi connectivity index (χ0v) is 15.2. The Morgan fingerprint density at radius 1 is 1.15 bits per heavy atom. The largest absolute Gasteiger partial charge is 0.335 e. The molecule has 2 amide bonds. The number of benzene rings is 1. The Bertz CT molecular complexity index is 938. The van der Waals surface area contributed by atoms with Crippen molar-refractivity contribution in [3.63, 3.8) is 0 Å². The van der Waals surface area contributed by atoms with Crippen LogP contribution in [-0.4, -0.2) is 52.3 Å². The summed E-state index contributed by atoms with van der Waals surface area (Å²) in [5.41, 5.74) is 1.79. The summed E-state index contributed by atoms with van der Waals surface area (Å²) in [6.45, 7) is 2.01. The Morgan fingerprint density at radius 2 is 2.00 bits per heavy atom. The molecule has 7 nitrogen and oxygen atoms in total. The van der Waals surface area contributed by atoms with E-state index in [4.69, 9.17) is 0 Å². The van der Waals surface area contributed by atoms with Crippen LogP contribution in [0.1, 0.15) is 12.8 Å². The van der Waals surface area contributed by atoms with Crippen LogP contribution in [0.15, 0.2) is 48.8 Å². The monoisotopic (exact) mass is 362 g/mol. The first-order valence-corrected chi connectivity index (χ1v) is 9.11. The molecule has 3 aromatic rings. The number of hydrogen-bond donors (Lipinski definition) is 2. The molecule has 138 valence electrons. The average molecular weight is 362 g/mol. The minimum atomic E-state index is -0.207. The number of fused-ring (bicyclic) bond motifs is 1. The van der Waals surface area contributed by atoms with Crippen molar-refractivity contribution in [2.75, 3.05) is 25.5 Å². The summed E-state index contributed by atoms with van der Waals surface area (Å²) in [5, 5.41) is 16.0. The van der Waals surface area contributed by atoms with Gasteiger partial charge in [-0.25, -0.2) is 9.78 Å². The van der Waals surface area contributed by atoms with E-state index in [0.717, 1.165) is 48.0 Å². The Morgan fingerprint density at radius 3 is 2.78 bits per heavy atom. The SMILES string of the molecule is CN1CCC(NC(=O)Nc2cc3cc(-c4cccnn4)ccc3cn2)CC1. The van der Waals surface area contributed by atoms with Gasteiger partial charge in [0.15, 0.2) is 0 Å². The van der Waals surface area contributed by atoms with Gasteiger partial charge in [-0.05, 0) is 62.6 Å². The number of piperidine rings is 1. The van der Waals surface area contributed by atoms with Crippen LogP contribution in [0.5, 0.6) is 0 Å². The average Bonchev–Trinajstić information content (AvgIpc) is 2.70. The number of amides is 2. The maximum atomic E-state index is 12.3. The van der Waals surface area contributed by atoms with Crippen molar-refractivity contribution in [3.05, 3.63) is 48.8 Å². The highest BCUT2D eigenvalue weighted by Crippen LogP contribution is 2.23. The minimum Gasteiger partial charge on any atom is -0.335 e. The highest BCUT2D eigenvalue weighted by atomic mass is 16.2. The van der Waals surface area contributed by atoms with E-state index in [1.807, 2.05) is 36.4 Å². The summed E-state index contributed by atoms with van der Waals surface area (Å²) >= 11 is 0. The number of hydrogen-bond acceptors (Lipinski definition) is 5. The fourth-order valence-corrected chi connectivity index (χ4v) is 3.31. The first kappa shape index (κ1) is 17.4. The number of nitrogens with zero attached hydrogens (tertiary/aromatic N) is 4. The van der Waals surface area contributed by atoms with Crippen molar-refractivity contribution in [3.8, 4) is 11.3 Å². The highest BCUT2D eigenvalue weighted by molar-refractivity contribution is 5.93. The second-order valence-corrected chi connectivity index (χ2v) is 6.92. The lowest BCUT2D eigenvalue weighted by Crippen LogP contribution is -2.44. The number of pyridine rings is 1. The van der Waals surface area contributed by atoms with Crippen LogP contribution in [0.4, 0.5) is 10.6 Å². The smallest absolute Gasteiger partial charge is 0.320 e. The molecular formula is C20H22N6O. The van der Waals surface area contributed by atoms with E-state index in [1.54, 1.807) is 12.4 Å². The number of likely N-dealkylation sites (tertiary alicyclic amines) is 1. The maximum absolute atomic E-state index is 12.3. The summed E-state index contributed by atoms with van der Waals surface area (Å²) < 4.78 is 0. The number of carbonyl (C=O) groups excluding carboxylic acids is 1. The molecule has 0 bridgehead atoms. The summed E-state index contributed by atoms with van der Waals surface area (Å²) in [6, 6.07) is 11.7. The Balaban J connectivity index is 1.48. The molecular weight excluding hydrogens is 340 g/mol. The van der Waals surface area contributed by atoms with Crippen LogP contribution in [-0.2, 0) is 0 Å². The number of urea groups is 1. The predicted octanol–water partition coefficient (Wildman–Crippen LogP) is 2.91. The normalized spacial score (nSPS) is 15.6. The van der Waals surface area contributed by atoms with Gasteiger partial charge in [0.2, 0.25) is 0 Å². The van der Waals surface area contributed by atoms with Crippen LogP contribution < -0.4 is 10.6 Å². The molecule has 3 heterocycles. The molecule has 0 unspecified atom stereocenters. The molecule has 4 rings (SSSR count). The second kappa shape index (κ2) is 7.67. The van der Waals surface area contributed by atoms with Gasteiger partial charge in [0.25, 0.3) is 0 Å². The zero-order chi connectivity index (χ0) is 18.6. The summed E-state index contributed by atoms with van der Waals surface area (Å²) in [5.74, 6) is 0.532. The molecule has 0 atom stereocenters. The molecule has 1 fully saturated rings. The first-order valence-electron chi connectivity index (χ1n) is 9.11. The van der Waals surface area contributed by atoms with E-state index in [9.17, 15) is 4.79 Å². The molecule has 0 saturated carbocycles. The molecule has 0 radical (unpaired) electrons. The Kier molecular flexibility index (Phi) is 4.93. The van der Waals surface area contributed by atoms with Crippen molar-refractivity contribution < 1.29 is 4.79 Å². The summed E-state index contributed by atoms with van der Waals surface area (Å²) in [6.07, 6.45) is 5.35. The molecule has 1 aliphatic rings. The van der Waals surface area contributed by atoms with E-state index in [1.165, 1.54) is 0 Å². The molecule has 0 spiro atoms. The third-order valence-corrected chi connectivity index (χ3v) is 4.89. The van der Waals surface area contributed by atoms with Gasteiger partial charge in [-0.2, -0.15) is 10.2 Å². The van der Waals surface area contributed by atoms with Gasteiger partial charge in [-0.15, -0.1) is 0 Å². The van der Waals surface area contributed by atoms with Gasteiger partial charge in [0, 0.05) is 29.4 Å². The van der Waals surface area contributed by atoms with E-state index in [-0.39, 0.29) is 12.1 Å². The molecule has 0 aliphatic carbocycles. The number of anilines is 1. The van der Waals surface area contributed by atoms with E-state index < -0.39 is 0 Å². The van der Waals surface area contributed by atoms with Crippen molar-refractivity contribution in [1.29, 1.82) is 0 Å². The van der Waals surface area contributed by atoms with Gasteiger partial charge in [-0.1, -0.05) is 12.1 Å². The van der Waals surface area contributed by atoms with Crippen LogP contribution in [0.2, 0.25) is 0 Å². The molecule has 7 heteroatoms. The fourth-order valence-electron chi connectivity index (χ4n) is 3.31. The third-order valence-electron chi connectivity index (χ3n) is 4.89. The van der Waals surface area contributed by atoms with Gasteiger partial charge in [0.05, 0.1) is 5.69 Å². The molecule has 1 saturated heterocycles. The molecule has 1 aliphatic heterocycles. The highest BCUT2D eigenvalue weighted by Gasteiger charge is 2.18. The van der Waals surface area contributed by atoms with Gasteiger partial charge >= 0.3 is 6.03 Å². The lowest BCUT2D eigenvalue weighted by atomic mass is 10.1. The molecule has 2 N–H and O–H groups in total.